The smallest absolute Gasteiger partial charge is 0.459 e. The molecule has 2 aromatic heterocycles. The topological polar surface area (TPSA) is 202 Å². The van der Waals surface area contributed by atoms with Crippen LogP contribution in [0, 0.1) is 3.83 Å². The van der Waals surface area contributed by atoms with E-state index in [9.17, 15) is 15.0 Å². The maximum atomic E-state index is 15.0. The number of hydrogen-bond donors (Lipinski definition) is 4. The number of nitrogens with two attached hydrogens (primary N) is 1. The zero-order chi connectivity index (χ0) is 38.0. The summed E-state index contributed by atoms with van der Waals surface area (Å²) >= 11 is 1.93. The monoisotopic (exact) mass is 866 g/mol. The lowest BCUT2D eigenvalue weighted by molar-refractivity contribution is -0.147. The van der Waals surface area contributed by atoms with E-state index in [1.165, 1.54) is 18.6 Å². The number of halogens is 1. The van der Waals surface area contributed by atoms with Gasteiger partial charge in [-0.3, -0.25) is 9.09 Å². The van der Waals surface area contributed by atoms with Crippen LogP contribution in [0.3, 0.4) is 0 Å². The van der Waals surface area contributed by atoms with Crippen LogP contribution >= 0.6 is 30.3 Å². The summed E-state index contributed by atoms with van der Waals surface area (Å²) in [6.07, 6.45) is -4.12. The Morgan fingerprint density at radius 3 is 2.44 bits per heavy atom. The van der Waals surface area contributed by atoms with Crippen molar-refractivity contribution < 1.29 is 42.8 Å². The van der Waals surface area contributed by atoms with Crippen molar-refractivity contribution in [3.05, 3.63) is 118 Å². The molecule has 7 rings (SSSR count). The van der Waals surface area contributed by atoms with Crippen LogP contribution in [-0.2, 0) is 30.0 Å². The summed E-state index contributed by atoms with van der Waals surface area (Å²) in [4.78, 5) is 26.6. The molecule has 0 amide bonds. The van der Waals surface area contributed by atoms with Gasteiger partial charge in [0.25, 0.3) is 0 Å². The fourth-order valence-corrected chi connectivity index (χ4v) is 8.42. The highest BCUT2D eigenvalue weighted by Gasteiger charge is 2.55. The summed E-state index contributed by atoms with van der Waals surface area (Å²) in [5.74, 6) is -0.534. The van der Waals surface area contributed by atoms with Crippen LogP contribution in [0.1, 0.15) is 30.3 Å². The number of carbonyl (C=O) groups excluding carboxylic acids is 1. The summed E-state index contributed by atoms with van der Waals surface area (Å²) in [5.41, 5.74) is 5.62. The first-order valence-corrected chi connectivity index (χ1v) is 19.4. The minimum Gasteiger partial charge on any atom is -0.479 e. The van der Waals surface area contributed by atoms with Crippen LogP contribution in [0.15, 0.2) is 103 Å². The number of nitrogen functional groups attached to an aromatic ring is 1. The number of carbonyl (C=O) groups is 1. The number of benzene rings is 4. The number of fused-ring (bicyclic) bond motifs is 2. The van der Waals surface area contributed by atoms with Crippen molar-refractivity contribution in [1.29, 1.82) is 0 Å². The van der Waals surface area contributed by atoms with Gasteiger partial charge in [-0.05, 0) is 29.5 Å². The largest absolute Gasteiger partial charge is 0.479 e. The number of aliphatic hydroxyl groups excluding tert-OH is 1. The molecule has 0 bridgehead atoms. The highest BCUT2D eigenvalue weighted by molar-refractivity contribution is 14.1. The van der Waals surface area contributed by atoms with Crippen molar-refractivity contribution in [3.8, 4) is 11.6 Å². The Labute approximate surface area is 323 Å². The highest BCUT2D eigenvalue weighted by Crippen LogP contribution is 2.50. The Morgan fingerprint density at radius 1 is 1.02 bits per heavy atom. The van der Waals surface area contributed by atoms with Crippen LogP contribution in [0.5, 0.6) is 11.6 Å². The minimum absolute atomic E-state index is 0.0389. The van der Waals surface area contributed by atoms with Crippen molar-refractivity contribution in [2.24, 2.45) is 0 Å². The zero-order valence-electron chi connectivity index (χ0n) is 29.0. The lowest BCUT2D eigenvalue weighted by Gasteiger charge is -2.28. The summed E-state index contributed by atoms with van der Waals surface area (Å²) in [6.45, 7) is 0.778. The number of aromatic nitrogens is 4. The van der Waals surface area contributed by atoms with Gasteiger partial charge in [0.2, 0.25) is 11.8 Å². The fraction of sp³-hybridized carbons (Fsp3) is 0.243. The number of hydrogen-bond acceptors (Lipinski definition) is 13. The number of rotatable bonds is 13. The van der Waals surface area contributed by atoms with Crippen molar-refractivity contribution in [2.45, 2.75) is 43.6 Å². The molecular formula is C37H36IN6O9P. The van der Waals surface area contributed by atoms with E-state index in [1.54, 1.807) is 48.5 Å². The van der Waals surface area contributed by atoms with Gasteiger partial charge in [0.05, 0.1) is 13.7 Å². The van der Waals surface area contributed by atoms with Crippen LogP contribution in [-0.4, -0.2) is 67.2 Å². The fourth-order valence-electron chi connectivity index (χ4n) is 6.19. The third kappa shape index (κ3) is 7.63. The van der Waals surface area contributed by atoms with E-state index < -0.39 is 50.4 Å². The average Bonchev–Trinajstić information content (AvgIpc) is 3.62. The Bertz CT molecular complexity index is 2330. The second-order valence-electron chi connectivity index (χ2n) is 12.6. The van der Waals surface area contributed by atoms with E-state index in [0.717, 1.165) is 10.9 Å². The van der Waals surface area contributed by atoms with Gasteiger partial charge < -0.3 is 34.7 Å². The van der Waals surface area contributed by atoms with Crippen molar-refractivity contribution in [3.63, 3.8) is 0 Å². The van der Waals surface area contributed by atoms with Gasteiger partial charge in [-0.15, -0.1) is 0 Å². The van der Waals surface area contributed by atoms with Crippen LogP contribution < -0.4 is 20.1 Å². The second kappa shape index (κ2) is 15.6. The molecule has 5 N–H and O–H groups in total. The standard InChI is InChI=1S/C37H36IN6O9P/c1-37(47)30(45)27(52-34(37)44-31-29(40-35(44)38)32(49-2)42-36(39)41-31)21-51-54(48,53-26-19-11-17-23-14-9-10-18-25(23)26)43-28(24-15-7-4-8-16-24)33(46)50-20-22-12-5-3-6-13-22/h3-19,27-28,30,34,45,47H,20-21H2,1-2H3,(H,43,48)(H2,39,41,42)/t27-,28-,30-,34?,37-,54?/m1/s1. The van der Waals surface area contributed by atoms with Crippen molar-refractivity contribution in [2.75, 3.05) is 19.5 Å². The van der Waals surface area contributed by atoms with E-state index in [1.807, 2.05) is 77.2 Å². The van der Waals surface area contributed by atoms with E-state index in [2.05, 4.69) is 20.0 Å². The molecule has 17 heteroatoms. The van der Waals surface area contributed by atoms with E-state index in [4.69, 9.17) is 29.0 Å². The quantitative estimate of drug-likeness (QED) is 0.0493. The molecule has 6 aromatic rings. The normalized spacial score (nSPS) is 21.5. The van der Waals surface area contributed by atoms with Crippen molar-refractivity contribution >= 4 is 64.2 Å². The number of methoxy groups -OCH3 is 1. The molecule has 0 aliphatic carbocycles. The summed E-state index contributed by atoms with van der Waals surface area (Å²) < 4.78 is 46.3. The van der Waals surface area contributed by atoms with Crippen molar-refractivity contribution in [1.82, 2.24) is 24.6 Å². The molecular weight excluding hydrogens is 830 g/mol. The summed E-state index contributed by atoms with van der Waals surface area (Å²) in [6, 6.07) is 29.0. The van der Waals surface area contributed by atoms with Gasteiger partial charge in [-0.25, -0.2) is 14.3 Å². The van der Waals surface area contributed by atoms with Gasteiger partial charge >= 0.3 is 13.7 Å². The zero-order valence-corrected chi connectivity index (χ0v) is 32.0. The first-order valence-electron chi connectivity index (χ1n) is 16.7. The second-order valence-corrected chi connectivity index (χ2v) is 15.3. The molecule has 0 radical (unpaired) electrons. The lowest BCUT2D eigenvalue weighted by Crippen LogP contribution is -2.44. The molecule has 1 fully saturated rings. The molecule has 0 saturated carbocycles. The number of anilines is 1. The van der Waals surface area contributed by atoms with E-state index in [0.29, 0.717) is 14.8 Å². The van der Waals surface area contributed by atoms with Crippen LogP contribution in [0.2, 0.25) is 0 Å². The van der Waals surface area contributed by atoms with Crippen LogP contribution in [0.25, 0.3) is 21.9 Å². The van der Waals surface area contributed by atoms with E-state index >= 15 is 4.57 Å². The Morgan fingerprint density at radius 2 is 1.70 bits per heavy atom. The summed E-state index contributed by atoms with van der Waals surface area (Å²) in [5, 5.41) is 27.4. The SMILES string of the molecule is COc1nc(N)nc2c1nc(I)n2C1O[C@H](COP(=O)(N[C@@H](C(=O)OCc2ccccc2)c2ccccc2)Oc2cccc3ccccc23)[C@@H](O)[C@@]1(C)O. The maximum Gasteiger partial charge on any atom is 0.459 e. The van der Waals surface area contributed by atoms with Gasteiger partial charge in [0, 0.05) is 28.0 Å². The molecule has 3 heterocycles. The Balaban J connectivity index is 1.21. The number of nitrogens with one attached hydrogen (secondary N) is 1. The predicted octanol–water partition coefficient (Wildman–Crippen LogP) is 5.46. The van der Waals surface area contributed by atoms with Gasteiger partial charge in [0.1, 0.15) is 36.2 Å². The van der Waals surface area contributed by atoms with Gasteiger partial charge in [-0.1, -0.05) is 97.1 Å². The molecule has 0 spiro atoms. The average molecular weight is 867 g/mol. The third-order valence-electron chi connectivity index (χ3n) is 8.92. The Kier molecular flexibility index (Phi) is 10.9. The first-order chi connectivity index (χ1) is 26.0. The molecule has 54 heavy (non-hydrogen) atoms. The number of aliphatic hydroxyl groups is 2. The molecule has 4 aromatic carbocycles. The van der Waals surface area contributed by atoms with Gasteiger partial charge in [-0.2, -0.15) is 15.1 Å². The number of imidazole rings is 1. The highest BCUT2D eigenvalue weighted by atomic mass is 127. The third-order valence-corrected chi connectivity index (χ3v) is 11.2. The number of esters is 1. The first kappa shape index (κ1) is 37.6. The van der Waals surface area contributed by atoms with E-state index in [-0.39, 0.29) is 35.3 Å². The number of nitrogens with zero attached hydrogens (tertiary/aromatic N) is 4. The molecule has 280 valence electrons. The summed E-state index contributed by atoms with van der Waals surface area (Å²) in [7, 11) is -3.17. The minimum atomic E-state index is -4.58. The van der Waals surface area contributed by atoms with Gasteiger partial charge in [0.15, 0.2) is 21.2 Å². The molecule has 2 unspecified atom stereocenters. The molecule has 15 nitrogen and oxygen atoms in total. The molecule has 6 atom stereocenters. The molecule has 1 aliphatic heterocycles. The Hall–Kier alpha value is -4.68. The maximum absolute atomic E-state index is 15.0. The molecule has 1 saturated heterocycles. The molecule has 1 aliphatic rings. The van der Waals surface area contributed by atoms with Crippen LogP contribution in [0.4, 0.5) is 5.95 Å². The lowest BCUT2D eigenvalue weighted by atomic mass is 9.96. The predicted molar refractivity (Wildman–Crippen MR) is 206 cm³/mol. The number of ether oxygens (including phenoxy) is 3.